The van der Waals surface area contributed by atoms with Crippen LogP contribution in [0, 0.1) is 0 Å². The minimum atomic E-state index is -0.786. The summed E-state index contributed by atoms with van der Waals surface area (Å²) in [6.45, 7) is 5.27. The quantitative estimate of drug-likeness (QED) is 0.259. The minimum Gasteiger partial charge on any atom is -0.507 e. The Kier molecular flexibility index (Phi) is 7.09. The summed E-state index contributed by atoms with van der Waals surface area (Å²) in [6, 6.07) is 9.88. The van der Waals surface area contributed by atoms with Gasteiger partial charge in [-0.1, -0.05) is 6.07 Å². The van der Waals surface area contributed by atoms with Crippen molar-refractivity contribution in [2.45, 2.75) is 45.4 Å². The lowest BCUT2D eigenvalue weighted by molar-refractivity contribution is -0.139. The number of aliphatic hydroxyl groups is 1. The molecule has 2 unspecified atom stereocenters. The fourth-order valence-corrected chi connectivity index (χ4v) is 5.15. The molecule has 0 radical (unpaired) electrons. The first-order valence-corrected chi connectivity index (χ1v) is 12.8. The predicted molar refractivity (Wildman–Crippen MR) is 140 cm³/mol. The number of imidazole rings is 1. The Morgan fingerprint density at radius 2 is 2.00 bits per heavy atom. The predicted octanol–water partition coefficient (Wildman–Crippen LogP) is 4.13. The van der Waals surface area contributed by atoms with E-state index in [-0.39, 0.29) is 17.4 Å². The fraction of sp³-hybridized carbons (Fsp3) is 0.345. The number of ketones is 1. The Labute approximate surface area is 221 Å². The Morgan fingerprint density at radius 1 is 1.16 bits per heavy atom. The molecule has 2 aromatic carbocycles. The highest BCUT2D eigenvalue weighted by molar-refractivity contribution is 6.46. The topological polar surface area (TPSA) is 103 Å². The number of hydrogen-bond donors (Lipinski definition) is 1. The van der Waals surface area contributed by atoms with E-state index in [0.717, 1.165) is 11.3 Å². The van der Waals surface area contributed by atoms with E-state index in [1.807, 2.05) is 30.7 Å². The molecule has 1 saturated heterocycles. The van der Waals surface area contributed by atoms with Gasteiger partial charge < -0.3 is 28.8 Å². The number of benzene rings is 2. The zero-order valence-corrected chi connectivity index (χ0v) is 21.7. The highest BCUT2D eigenvalue weighted by Gasteiger charge is 2.46. The zero-order valence-electron chi connectivity index (χ0n) is 21.7. The minimum absolute atomic E-state index is 0.0415. The third-order valence-corrected chi connectivity index (χ3v) is 6.89. The number of aryl methyl sites for hydroxylation is 1. The normalized spacial score (nSPS) is 19.9. The van der Waals surface area contributed by atoms with Crippen LogP contribution >= 0.6 is 0 Å². The number of likely N-dealkylation sites (tertiary alicyclic amines) is 1. The molecule has 9 nitrogen and oxygen atoms in total. The second kappa shape index (κ2) is 10.6. The molecule has 1 aromatic heterocycles. The molecule has 2 aliphatic rings. The summed E-state index contributed by atoms with van der Waals surface area (Å²) in [5.41, 5.74) is 2.12. The lowest BCUT2D eigenvalue weighted by Gasteiger charge is -2.26. The van der Waals surface area contributed by atoms with Crippen molar-refractivity contribution < 1.29 is 28.9 Å². The van der Waals surface area contributed by atoms with Crippen LogP contribution in [0.5, 0.6) is 17.2 Å². The van der Waals surface area contributed by atoms with Crippen LogP contribution in [0.2, 0.25) is 0 Å². The second-order valence-electron chi connectivity index (χ2n) is 9.44. The molecule has 0 bridgehead atoms. The van der Waals surface area contributed by atoms with Gasteiger partial charge in [0.2, 0.25) is 0 Å². The number of Topliss-reactive ketones (excluding diaryl/α,β-unsaturated/α-hetero) is 1. The van der Waals surface area contributed by atoms with Gasteiger partial charge in [-0.05, 0) is 61.7 Å². The highest BCUT2D eigenvalue weighted by atomic mass is 16.5. The molecule has 2 atom stereocenters. The molecule has 3 heterocycles. The van der Waals surface area contributed by atoms with E-state index < -0.39 is 17.7 Å². The van der Waals surface area contributed by atoms with E-state index in [0.29, 0.717) is 55.2 Å². The van der Waals surface area contributed by atoms with Crippen molar-refractivity contribution in [3.8, 4) is 17.2 Å². The maximum Gasteiger partial charge on any atom is 0.295 e. The first-order valence-electron chi connectivity index (χ1n) is 12.8. The SMILES string of the molecule is CCOc1ccc(C2C(=C(O)c3ccc4c(c3)CC(C)O4)C(=O)C(=O)N2CCCn2ccnc2)cc1OC. The summed E-state index contributed by atoms with van der Waals surface area (Å²) in [6.07, 6.45) is 6.60. The Balaban J connectivity index is 1.56. The van der Waals surface area contributed by atoms with Gasteiger partial charge in [-0.15, -0.1) is 0 Å². The first kappa shape index (κ1) is 25.4. The van der Waals surface area contributed by atoms with Gasteiger partial charge in [-0.3, -0.25) is 9.59 Å². The molecule has 9 heteroatoms. The number of fused-ring (bicyclic) bond motifs is 1. The molecule has 0 aliphatic carbocycles. The van der Waals surface area contributed by atoms with E-state index in [1.54, 1.807) is 42.9 Å². The van der Waals surface area contributed by atoms with Gasteiger partial charge in [0.15, 0.2) is 11.5 Å². The number of amides is 1. The zero-order chi connectivity index (χ0) is 26.8. The van der Waals surface area contributed by atoms with Crippen LogP contribution in [0.15, 0.2) is 60.7 Å². The summed E-state index contributed by atoms with van der Waals surface area (Å²) < 4.78 is 18.9. The number of carbonyl (C=O) groups is 2. The van der Waals surface area contributed by atoms with Gasteiger partial charge in [0.25, 0.3) is 11.7 Å². The lowest BCUT2D eigenvalue weighted by atomic mass is 9.94. The standard InChI is InChI=1S/C29H31N3O6/c1-4-37-23-9-6-19(16-24(23)36-3)26-25(27(33)20-7-8-22-21(15-20)14-18(2)38-22)28(34)29(35)32(26)12-5-11-31-13-10-30-17-31/h6-10,13,15-18,26,33H,4-5,11-12,14H2,1-3H3. The average Bonchev–Trinajstić information content (AvgIpc) is 3.62. The summed E-state index contributed by atoms with van der Waals surface area (Å²) >= 11 is 0. The van der Waals surface area contributed by atoms with Crippen molar-refractivity contribution in [3.63, 3.8) is 0 Å². The van der Waals surface area contributed by atoms with E-state index in [9.17, 15) is 14.7 Å². The van der Waals surface area contributed by atoms with Gasteiger partial charge in [0.05, 0.1) is 31.7 Å². The molecular formula is C29H31N3O6. The fourth-order valence-electron chi connectivity index (χ4n) is 5.15. The van der Waals surface area contributed by atoms with Crippen LogP contribution in [0.3, 0.4) is 0 Å². The van der Waals surface area contributed by atoms with Crippen molar-refractivity contribution >= 4 is 17.4 Å². The monoisotopic (exact) mass is 517 g/mol. The third kappa shape index (κ3) is 4.71. The Bertz CT molecular complexity index is 1380. The molecule has 2 aliphatic heterocycles. The second-order valence-corrected chi connectivity index (χ2v) is 9.44. The molecule has 1 fully saturated rings. The van der Waals surface area contributed by atoms with Crippen LogP contribution in [0.1, 0.15) is 43.0 Å². The summed E-state index contributed by atoms with van der Waals surface area (Å²) in [5, 5.41) is 11.5. The van der Waals surface area contributed by atoms with Gasteiger partial charge in [0, 0.05) is 37.5 Å². The Hall–Kier alpha value is -4.27. The van der Waals surface area contributed by atoms with E-state index >= 15 is 0 Å². The van der Waals surface area contributed by atoms with Gasteiger partial charge in [-0.25, -0.2) is 4.98 Å². The maximum absolute atomic E-state index is 13.4. The van der Waals surface area contributed by atoms with Crippen LogP contribution < -0.4 is 14.2 Å². The molecule has 38 heavy (non-hydrogen) atoms. The largest absolute Gasteiger partial charge is 0.507 e. The number of aliphatic hydroxyl groups excluding tert-OH is 1. The van der Waals surface area contributed by atoms with Crippen molar-refractivity contribution in [1.29, 1.82) is 0 Å². The smallest absolute Gasteiger partial charge is 0.295 e. The van der Waals surface area contributed by atoms with Crippen LogP contribution in [0.4, 0.5) is 0 Å². The van der Waals surface area contributed by atoms with Gasteiger partial charge >= 0.3 is 0 Å². The summed E-state index contributed by atoms with van der Waals surface area (Å²) in [7, 11) is 1.54. The van der Waals surface area contributed by atoms with Crippen molar-refractivity contribution in [2.75, 3.05) is 20.3 Å². The number of ether oxygens (including phenoxy) is 3. The molecule has 3 aromatic rings. The maximum atomic E-state index is 13.4. The molecule has 1 amide bonds. The molecule has 198 valence electrons. The number of aromatic nitrogens is 2. The molecule has 0 saturated carbocycles. The summed E-state index contributed by atoms with van der Waals surface area (Å²) in [5.74, 6) is 0.240. The Morgan fingerprint density at radius 3 is 2.74 bits per heavy atom. The van der Waals surface area contributed by atoms with E-state index in [4.69, 9.17) is 14.2 Å². The van der Waals surface area contributed by atoms with Crippen LogP contribution in [-0.4, -0.2) is 57.6 Å². The number of nitrogens with zero attached hydrogens (tertiary/aromatic N) is 3. The van der Waals surface area contributed by atoms with E-state index in [1.165, 1.54) is 12.0 Å². The number of rotatable bonds is 9. The van der Waals surface area contributed by atoms with Crippen molar-refractivity contribution in [2.24, 2.45) is 0 Å². The molecular weight excluding hydrogens is 486 g/mol. The highest BCUT2D eigenvalue weighted by Crippen LogP contribution is 2.42. The van der Waals surface area contributed by atoms with E-state index in [2.05, 4.69) is 4.98 Å². The molecule has 5 rings (SSSR count). The molecule has 0 spiro atoms. The van der Waals surface area contributed by atoms with Gasteiger partial charge in [-0.2, -0.15) is 0 Å². The van der Waals surface area contributed by atoms with Crippen molar-refractivity contribution in [3.05, 3.63) is 77.4 Å². The third-order valence-electron chi connectivity index (χ3n) is 6.89. The van der Waals surface area contributed by atoms with Crippen LogP contribution in [0.25, 0.3) is 5.76 Å². The number of hydrogen-bond acceptors (Lipinski definition) is 7. The lowest BCUT2D eigenvalue weighted by Crippen LogP contribution is -2.31. The van der Waals surface area contributed by atoms with Crippen LogP contribution in [-0.2, 0) is 22.6 Å². The van der Waals surface area contributed by atoms with Gasteiger partial charge in [0.1, 0.15) is 17.6 Å². The summed E-state index contributed by atoms with van der Waals surface area (Å²) in [4.78, 5) is 32.3. The molecule has 1 N–H and O–H groups in total. The number of carbonyl (C=O) groups excluding carboxylic acids is 2. The number of methoxy groups -OCH3 is 1. The van der Waals surface area contributed by atoms with Crippen molar-refractivity contribution in [1.82, 2.24) is 14.5 Å². The average molecular weight is 518 g/mol. The first-order chi connectivity index (χ1) is 18.4.